The normalized spacial score (nSPS) is 13.8. The van der Waals surface area contributed by atoms with Crippen LogP contribution in [-0.2, 0) is 6.54 Å². The lowest BCUT2D eigenvalue weighted by Gasteiger charge is -2.26. The zero-order chi connectivity index (χ0) is 23.3. The summed E-state index contributed by atoms with van der Waals surface area (Å²) in [6.45, 7) is 7.97. The SMILES string of the molecule is Cc1nc(N)nc(N2CCOc3c(Cl)cc(-c4cnc5sc(N)nc5c4)cc3C2)c1C(C)C. The molecule has 0 saturated heterocycles. The number of rotatable bonds is 3. The summed E-state index contributed by atoms with van der Waals surface area (Å²) in [6, 6.07) is 5.97. The van der Waals surface area contributed by atoms with Gasteiger partial charge in [0.2, 0.25) is 5.95 Å². The van der Waals surface area contributed by atoms with Crippen LogP contribution in [0, 0.1) is 6.92 Å². The Morgan fingerprint density at radius 2 is 1.94 bits per heavy atom. The predicted octanol–water partition coefficient (Wildman–Crippen LogP) is 4.80. The van der Waals surface area contributed by atoms with Crippen molar-refractivity contribution >= 4 is 50.2 Å². The molecule has 0 radical (unpaired) electrons. The number of benzene rings is 1. The molecule has 33 heavy (non-hydrogen) atoms. The van der Waals surface area contributed by atoms with E-state index >= 15 is 0 Å². The van der Waals surface area contributed by atoms with Crippen molar-refractivity contribution in [3.63, 3.8) is 0 Å². The van der Waals surface area contributed by atoms with E-state index in [4.69, 9.17) is 27.8 Å². The first-order valence-electron chi connectivity index (χ1n) is 10.7. The number of aryl methyl sites for hydroxylation is 1. The molecule has 0 unspecified atom stereocenters. The van der Waals surface area contributed by atoms with E-state index in [9.17, 15) is 0 Å². The molecule has 4 aromatic rings. The molecule has 1 aliphatic heterocycles. The van der Waals surface area contributed by atoms with Crippen molar-refractivity contribution in [1.82, 2.24) is 19.9 Å². The summed E-state index contributed by atoms with van der Waals surface area (Å²) in [6.07, 6.45) is 1.82. The molecule has 0 fully saturated rings. The molecule has 8 nitrogen and oxygen atoms in total. The monoisotopic (exact) mass is 481 g/mol. The molecule has 10 heteroatoms. The number of hydrogen-bond donors (Lipinski definition) is 2. The Kier molecular flexibility index (Phi) is 5.46. The molecule has 4 heterocycles. The number of nitrogens with two attached hydrogens (primary N) is 2. The summed E-state index contributed by atoms with van der Waals surface area (Å²) in [5.74, 6) is 2.06. The average Bonchev–Trinajstić information content (AvgIpc) is 2.98. The minimum Gasteiger partial charge on any atom is -0.490 e. The summed E-state index contributed by atoms with van der Waals surface area (Å²) in [5.41, 5.74) is 17.4. The maximum absolute atomic E-state index is 6.67. The van der Waals surface area contributed by atoms with Gasteiger partial charge in [0.15, 0.2) is 5.13 Å². The summed E-state index contributed by atoms with van der Waals surface area (Å²) < 4.78 is 6.07. The van der Waals surface area contributed by atoms with Crippen LogP contribution < -0.4 is 21.1 Å². The molecule has 170 valence electrons. The fourth-order valence-electron chi connectivity index (χ4n) is 4.32. The minimum atomic E-state index is 0.252. The molecule has 0 saturated carbocycles. The maximum Gasteiger partial charge on any atom is 0.222 e. The van der Waals surface area contributed by atoms with E-state index in [1.165, 1.54) is 11.3 Å². The van der Waals surface area contributed by atoms with Gasteiger partial charge in [-0.25, -0.2) is 15.0 Å². The van der Waals surface area contributed by atoms with Crippen LogP contribution in [-0.4, -0.2) is 33.1 Å². The van der Waals surface area contributed by atoms with Gasteiger partial charge in [-0.2, -0.15) is 4.98 Å². The highest BCUT2D eigenvalue weighted by Gasteiger charge is 2.24. The smallest absolute Gasteiger partial charge is 0.222 e. The van der Waals surface area contributed by atoms with Gasteiger partial charge in [-0.3, -0.25) is 0 Å². The maximum atomic E-state index is 6.67. The quantitative estimate of drug-likeness (QED) is 0.428. The van der Waals surface area contributed by atoms with Crippen molar-refractivity contribution < 1.29 is 4.74 Å². The van der Waals surface area contributed by atoms with E-state index in [0.29, 0.717) is 35.6 Å². The van der Waals surface area contributed by atoms with Gasteiger partial charge < -0.3 is 21.1 Å². The Morgan fingerprint density at radius 3 is 2.73 bits per heavy atom. The largest absolute Gasteiger partial charge is 0.490 e. The standard InChI is InChI=1S/C23H24ClN7OS/c1-11(2)18-12(3)28-22(25)30-20(18)31-4-5-32-19-15(10-31)6-13(7-16(19)24)14-8-17-21(27-9-14)33-23(26)29-17/h6-9,11H,4-5,10H2,1-3H3,(H2,26,29)(H2,25,28,30). The number of hydrogen-bond acceptors (Lipinski definition) is 9. The molecule has 0 bridgehead atoms. The van der Waals surface area contributed by atoms with E-state index in [0.717, 1.165) is 44.1 Å². The van der Waals surface area contributed by atoms with E-state index in [1.54, 1.807) is 0 Å². The van der Waals surface area contributed by atoms with E-state index in [2.05, 4.69) is 44.7 Å². The van der Waals surface area contributed by atoms with Crippen LogP contribution in [0.5, 0.6) is 5.75 Å². The molecule has 4 N–H and O–H groups in total. The minimum absolute atomic E-state index is 0.252. The molecular weight excluding hydrogens is 458 g/mol. The van der Waals surface area contributed by atoms with Crippen molar-refractivity contribution in [2.45, 2.75) is 33.2 Å². The van der Waals surface area contributed by atoms with Gasteiger partial charge in [-0.1, -0.05) is 36.8 Å². The van der Waals surface area contributed by atoms with E-state index < -0.39 is 0 Å². The lowest BCUT2D eigenvalue weighted by molar-refractivity contribution is 0.331. The van der Waals surface area contributed by atoms with Gasteiger partial charge in [0.05, 0.1) is 11.6 Å². The van der Waals surface area contributed by atoms with Crippen LogP contribution in [0.3, 0.4) is 0 Å². The fraction of sp³-hybridized carbons (Fsp3) is 0.304. The average molecular weight is 482 g/mol. The molecular formula is C23H24ClN7OS. The molecule has 0 spiro atoms. The van der Waals surface area contributed by atoms with Crippen molar-refractivity contribution in [2.24, 2.45) is 0 Å². The van der Waals surface area contributed by atoms with Gasteiger partial charge in [-0.05, 0) is 36.6 Å². The highest BCUT2D eigenvalue weighted by Crippen LogP contribution is 2.39. The molecule has 0 aliphatic carbocycles. The van der Waals surface area contributed by atoms with Crippen molar-refractivity contribution in [3.8, 4) is 16.9 Å². The summed E-state index contributed by atoms with van der Waals surface area (Å²) in [7, 11) is 0. The van der Waals surface area contributed by atoms with Crippen molar-refractivity contribution in [1.29, 1.82) is 0 Å². The lowest BCUT2D eigenvalue weighted by Crippen LogP contribution is -2.28. The number of anilines is 3. The fourth-order valence-corrected chi connectivity index (χ4v) is 5.27. The molecule has 1 aromatic carbocycles. The van der Waals surface area contributed by atoms with Gasteiger partial charge in [0, 0.05) is 35.1 Å². The van der Waals surface area contributed by atoms with E-state index in [-0.39, 0.29) is 11.9 Å². The number of thiazole rings is 1. The number of pyridine rings is 1. The van der Waals surface area contributed by atoms with Crippen LogP contribution in [0.2, 0.25) is 5.02 Å². The second-order valence-electron chi connectivity index (χ2n) is 8.38. The predicted molar refractivity (Wildman–Crippen MR) is 134 cm³/mol. The van der Waals surface area contributed by atoms with Gasteiger partial charge >= 0.3 is 0 Å². The van der Waals surface area contributed by atoms with Gasteiger partial charge in [0.1, 0.15) is 28.5 Å². The molecule has 0 amide bonds. The molecule has 5 rings (SSSR count). The summed E-state index contributed by atoms with van der Waals surface area (Å²) in [4.78, 5) is 20.9. The number of aromatic nitrogens is 4. The Morgan fingerprint density at radius 1 is 1.12 bits per heavy atom. The van der Waals surface area contributed by atoms with Crippen molar-refractivity contribution in [3.05, 3.63) is 46.2 Å². The Balaban J connectivity index is 1.58. The highest BCUT2D eigenvalue weighted by atomic mass is 35.5. The van der Waals surface area contributed by atoms with Crippen LogP contribution >= 0.6 is 22.9 Å². The Hall–Kier alpha value is -3.17. The Labute approximate surface area is 200 Å². The topological polar surface area (TPSA) is 116 Å². The third kappa shape index (κ3) is 4.02. The number of nitrogen functional groups attached to an aromatic ring is 2. The first-order valence-corrected chi connectivity index (χ1v) is 11.9. The first-order chi connectivity index (χ1) is 15.8. The number of halogens is 1. The number of ether oxygens (including phenoxy) is 1. The van der Waals surface area contributed by atoms with E-state index in [1.807, 2.05) is 25.3 Å². The zero-order valence-corrected chi connectivity index (χ0v) is 20.2. The van der Waals surface area contributed by atoms with Crippen LogP contribution in [0.1, 0.15) is 36.6 Å². The second kappa shape index (κ2) is 8.31. The van der Waals surface area contributed by atoms with Crippen LogP contribution in [0.25, 0.3) is 21.5 Å². The first kappa shape index (κ1) is 21.7. The third-order valence-corrected chi connectivity index (χ3v) is 6.79. The molecule has 1 aliphatic rings. The third-order valence-electron chi connectivity index (χ3n) is 5.70. The number of nitrogens with zero attached hydrogens (tertiary/aromatic N) is 5. The Bertz CT molecular complexity index is 1370. The number of fused-ring (bicyclic) bond motifs is 2. The highest BCUT2D eigenvalue weighted by molar-refractivity contribution is 7.21. The van der Waals surface area contributed by atoms with Gasteiger partial charge in [0.25, 0.3) is 0 Å². The van der Waals surface area contributed by atoms with Crippen LogP contribution in [0.4, 0.5) is 16.9 Å². The summed E-state index contributed by atoms with van der Waals surface area (Å²) in [5, 5.41) is 1.06. The van der Waals surface area contributed by atoms with Crippen molar-refractivity contribution in [2.75, 3.05) is 29.5 Å². The zero-order valence-electron chi connectivity index (χ0n) is 18.6. The molecule has 0 atom stereocenters. The van der Waals surface area contributed by atoms with Gasteiger partial charge in [-0.15, -0.1) is 0 Å². The lowest BCUT2D eigenvalue weighted by atomic mass is 10.0. The molecule has 3 aromatic heterocycles. The van der Waals surface area contributed by atoms with Crippen LogP contribution in [0.15, 0.2) is 24.4 Å². The second-order valence-corrected chi connectivity index (χ2v) is 9.79. The summed E-state index contributed by atoms with van der Waals surface area (Å²) >= 11 is 8.04.